The molecule has 3 heterocycles. The van der Waals surface area contributed by atoms with Gasteiger partial charge < -0.3 is 14.7 Å². The molecule has 0 aliphatic carbocycles. The molecular formula is C34H44BrN7O3. The van der Waals surface area contributed by atoms with Crippen molar-refractivity contribution < 1.29 is 14.4 Å². The molecule has 2 saturated heterocycles. The lowest BCUT2D eigenvalue weighted by Crippen LogP contribution is -2.57. The summed E-state index contributed by atoms with van der Waals surface area (Å²) in [6.07, 6.45) is 3.50. The Morgan fingerprint density at radius 2 is 1.69 bits per heavy atom. The van der Waals surface area contributed by atoms with Gasteiger partial charge in [-0.25, -0.2) is 4.68 Å². The molecule has 1 aromatic heterocycles. The summed E-state index contributed by atoms with van der Waals surface area (Å²) in [5.41, 5.74) is 2.71. The first-order valence-electron chi connectivity index (χ1n) is 15.7. The molecule has 1 unspecified atom stereocenters. The molecule has 0 radical (unpaired) electrons. The predicted molar refractivity (Wildman–Crippen MR) is 178 cm³/mol. The highest BCUT2D eigenvalue weighted by molar-refractivity contribution is 9.10. The van der Waals surface area contributed by atoms with E-state index in [1.807, 2.05) is 40.3 Å². The van der Waals surface area contributed by atoms with E-state index in [9.17, 15) is 14.4 Å². The van der Waals surface area contributed by atoms with E-state index >= 15 is 0 Å². The summed E-state index contributed by atoms with van der Waals surface area (Å²) in [5.74, 6) is -0.130. The average Bonchev–Trinajstić information content (AvgIpc) is 3.46. The fourth-order valence-corrected chi connectivity index (χ4v) is 6.77. The highest BCUT2D eigenvalue weighted by Gasteiger charge is 2.35. The SMILES string of the molecule is C[C@@H]1CN(C(=O)c2cccc(C(=O)N(C)CC(C)(C)C)c2)C[C@H](C)N1Cc1cn(C2CCCN(c3ccc(Br)cc3)C2=O)nn1. The zero-order valence-corrected chi connectivity index (χ0v) is 28.7. The minimum Gasteiger partial charge on any atom is -0.341 e. The Kier molecular flexibility index (Phi) is 9.79. The first kappa shape index (κ1) is 32.8. The van der Waals surface area contributed by atoms with Crippen LogP contribution in [0, 0.1) is 5.41 Å². The van der Waals surface area contributed by atoms with Crippen LogP contribution in [-0.4, -0.2) is 92.7 Å². The molecule has 45 heavy (non-hydrogen) atoms. The summed E-state index contributed by atoms with van der Waals surface area (Å²) < 4.78 is 2.69. The van der Waals surface area contributed by atoms with Crippen LogP contribution in [0.5, 0.6) is 0 Å². The second-order valence-corrected chi connectivity index (χ2v) is 14.6. The van der Waals surface area contributed by atoms with E-state index in [2.05, 4.69) is 65.8 Å². The molecular weight excluding hydrogens is 634 g/mol. The monoisotopic (exact) mass is 677 g/mol. The number of benzene rings is 2. The third-order valence-corrected chi connectivity index (χ3v) is 9.10. The van der Waals surface area contributed by atoms with Crippen molar-refractivity contribution in [2.75, 3.05) is 38.1 Å². The van der Waals surface area contributed by atoms with Gasteiger partial charge in [0.2, 0.25) is 0 Å². The normalized spacial score (nSPS) is 21.2. The molecule has 3 aromatic rings. The molecule has 2 fully saturated rings. The van der Waals surface area contributed by atoms with Crippen molar-refractivity contribution >= 4 is 39.3 Å². The number of nitrogens with zero attached hydrogens (tertiary/aromatic N) is 7. The van der Waals surface area contributed by atoms with Gasteiger partial charge in [-0.2, -0.15) is 0 Å². The number of carbonyl (C=O) groups is 3. The van der Waals surface area contributed by atoms with Crippen LogP contribution in [0.4, 0.5) is 5.69 Å². The molecule has 10 nitrogen and oxygen atoms in total. The molecule has 3 atom stereocenters. The summed E-state index contributed by atoms with van der Waals surface area (Å²) in [6, 6.07) is 14.6. The van der Waals surface area contributed by atoms with Gasteiger partial charge in [0, 0.05) is 73.1 Å². The van der Waals surface area contributed by atoms with Crippen molar-refractivity contribution in [3.8, 4) is 0 Å². The summed E-state index contributed by atoms with van der Waals surface area (Å²) in [5, 5.41) is 8.81. The summed E-state index contributed by atoms with van der Waals surface area (Å²) in [7, 11) is 1.80. The second kappa shape index (κ2) is 13.4. The highest BCUT2D eigenvalue weighted by atomic mass is 79.9. The topological polar surface area (TPSA) is 94.9 Å². The molecule has 0 saturated carbocycles. The number of hydrogen-bond acceptors (Lipinski definition) is 6. The first-order chi connectivity index (χ1) is 21.3. The number of piperazine rings is 1. The number of aromatic nitrogens is 3. The number of piperidine rings is 1. The van der Waals surface area contributed by atoms with Gasteiger partial charge in [-0.3, -0.25) is 19.3 Å². The Morgan fingerprint density at radius 3 is 2.36 bits per heavy atom. The maximum Gasteiger partial charge on any atom is 0.253 e. The number of carbonyl (C=O) groups excluding carboxylic acids is 3. The average molecular weight is 679 g/mol. The van der Waals surface area contributed by atoms with E-state index in [0.29, 0.717) is 43.9 Å². The Labute approximate surface area is 274 Å². The lowest BCUT2D eigenvalue weighted by atomic mass is 9.96. The van der Waals surface area contributed by atoms with Crippen LogP contribution in [0.2, 0.25) is 0 Å². The summed E-state index contributed by atoms with van der Waals surface area (Å²) in [4.78, 5) is 47.9. The van der Waals surface area contributed by atoms with Crippen LogP contribution in [-0.2, 0) is 11.3 Å². The number of halogens is 1. The van der Waals surface area contributed by atoms with E-state index in [4.69, 9.17) is 0 Å². The van der Waals surface area contributed by atoms with Gasteiger partial charge in [-0.05, 0) is 74.6 Å². The van der Waals surface area contributed by atoms with Crippen LogP contribution < -0.4 is 4.90 Å². The van der Waals surface area contributed by atoms with Gasteiger partial charge in [0.15, 0.2) is 0 Å². The van der Waals surface area contributed by atoms with Crippen molar-refractivity contribution in [2.24, 2.45) is 5.41 Å². The van der Waals surface area contributed by atoms with Gasteiger partial charge >= 0.3 is 0 Å². The van der Waals surface area contributed by atoms with Gasteiger partial charge in [-0.1, -0.05) is 48.0 Å². The molecule has 5 rings (SSSR count). The summed E-state index contributed by atoms with van der Waals surface area (Å²) >= 11 is 3.46. The molecule has 2 aliphatic rings. The molecule has 2 aliphatic heterocycles. The molecule has 0 spiro atoms. The first-order valence-corrected chi connectivity index (χ1v) is 16.5. The highest BCUT2D eigenvalue weighted by Crippen LogP contribution is 2.29. The van der Waals surface area contributed by atoms with Crippen molar-refractivity contribution in [3.05, 3.63) is 76.0 Å². The largest absolute Gasteiger partial charge is 0.341 e. The molecule has 2 aromatic carbocycles. The van der Waals surface area contributed by atoms with Gasteiger partial charge in [0.05, 0.1) is 11.9 Å². The van der Waals surface area contributed by atoms with Crippen molar-refractivity contribution in [1.82, 2.24) is 29.7 Å². The van der Waals surface area contributed by atoms with Crippen LogP contribution in [0.3, 0.4) is 0 Å². The van der Waals surface area contributed by atoms with E-state index in [1.165, 1.54) is 0 Å². The predicted octanol–water partition coefficient (Wildman–Crippen LogP) is 5.26. The molecule has 0 bridgehead atoms. The van der Waals surface area contributed by atoms with E-state index in [-0.39, 0.29) is 41.3 Å². The number of amides is 3. The standard InChI is InChI=1S/C34H44BrN7O3/c1-23-18-39(32(44)26-10-7-9-25(17-26)31(43)38(6)22-34(3,4)5)19-24(2)41(23)20-28-21-42(37-36-28)30-11-8-16-40(33(30)45)29-14-12-27(35)13-15-29/h7,9-10,12-15,17,21,23-24,30H,8,11,16,18-20,22H2,1-6H3/t23-,24+,30?. The van der Waals surface area contributed by atoms with Gasteiger partial charge in [0.1, 0.15) is 6.04 Å². The van der Waals surface area contributed by atoms with Crippen molar-refractivity contribution in [3.63, 3.8) is 0 Å². The van der Waals surface area contributed by atoms with Crippen LogP contribution >= 0.6 is 15.9 Å². The molecule has 3 amide bonds. The Morgan fingerprint density at radius 1 is 1.02 bits per heavy atom. The van der Waals surface area contributed by atoms with Gasteiger partial charge in [0.25, 0.3) is 17.7 Å². The zero-order valence-electron chi connectivity index (χ0n) is 27.1. The minimum absolute atomic E-state index is 0.0210. The summed E-state index contributed by atoms with van der Waals surface area (Å²) in [6.45, 7) is 13.5. The fraction of sp³-hybridized carbons (Fsp3) is 0.500. The van der Waals surface area contributed by atoms with Crippen molar-refractivity contribution in [2.45, 2.75) is 72.1 Å². The Hall–Kier alpha value is -3.57. The number of hydrogen-bond donors (Lipinski definition) is 0. The van der Waals surface area contributed by atoms with E-state index < -0.39 is 0 Å². The van der Waals surface area contributed by atoms with Gasteiger partial charge in [-0.15, -0.1) is 5.10 Å². The quantitative estimate of drug-likeness (QED) is 0.339. The minimum atomic E-state index is -0.385. The zero-order chi connectivity index (χ0) is 32.5. The smallest absolute Gasteiger partial charge is 0.253 e. The Bertz CT molecular complexity index is 1520. The van der Waals surface area contributed by atoms with Crippen LogP contribution in [0.15, 0.2) is 59.2 Å². The second-order valence-electron chi connectivity index (χ2n) is 13.7. The van der Waals surface area contributed by atoms with E-state index in [0.717, 1.165) is 28.7 Å². The maximum absolute atomic E-state index is 13.6. The third kappa shape index (κ3) is 7.64. The van der Waals surface area contributed by atoms with E-state index in [1.54, 1.807) is 40.9 Å². The van der Waals surface area contributed by atoms with Crippen LogP contribution in [0.25, 0.3) is 0 Å². The number of anilines is 1. The lowest BCUT2D eigenvalue weighted by Gasteiger charge is -2.44. The third-order valence-electron chi connectivity index (χ3n) is 8.57. The molecule has 0 N–H and O–H groups in total. The fourth-order valence-electron chi connectivity index (χ4n) is 6.51. The number of rotatable bonds is 7. The Balaban J connectivity index is 1.21. The molecule has 240 valence electrons. The van der Waals surface area contributed by atoms with Crippen LogP contribution in [0.1, 0.15) is 79.9 Å². The maximum atomic E-state index is 13.6. The lowest BCUT2D eigenvalue weighted by molar-refractivity contribution is -0.123. The molecule has 11 heteroatoms. The van der Waals surface area contributed by atoms with Crippen molar-refractivity contribution in [1.29, 1.82) is 0 Å².